The minimum absolute atomic E-state index is 0.0221. The number of benzene rings is 1. The summed E-state index contributed by atoms with van der Waals surface area (Å²) in [6, 6.07) is 10.4. The molecule has 4 fully saturated rings. The largest absolute Gasteiger partial charge is 0.446 e. The van der Waals surface area contributed by atoms with E-state index in [0.717, 1.165) is 56.7 Å². The molecular weight excluding hydrogens is 298 g/mol. The molecule has 1 aliphatic carbocycles. The number of hydrogen-bond acceptors (Lipinski definition) is 3. The average Bonchev–Trinajstić information content (AvgIpc) is 2.90. The Morgan fingerprint density at radius 2 is 1.67 bits per heavy atom. The summed E-state index contributed by atoms with van der Waals surface area (Å²) in [6.45, 7) is 2.20. The van der Waals surface area contributed by atoms with Crippen molar-refractivity contribution in [3.63, 3.8) is 0 Å². The zero-order valence-electron chi connectivity index (χ0n) is 14.6. The first-order valence-corrected chi connectivity index (χ1v) is 9.79. The van der Waals surface area contributed by atoms with Crippen molar-refractivity contribution in [1.29, 1.82) is 0 Å². The molecule has 0 aromatic heterocycles. The number of carbonyl (C=O) groups excluding carboxylic acids is 1. The van der Waals surface area contributed by atoms with Crippen LogP contribution in [0.5, 0.6) is 0 Å². The molecule has 1 saturated carbocycles. The fraction of sp³-hybridized carbons (Fsp3) is 0.667. The van der Waals surface area contributed by atoms with Crippen molar-refractivity contribution in [3.8, 4) is 0 Å². The Bertz CT molecular complexity index is 554. The zero-order valence-corrected chi connectivity index (χ0v) is 14.6. The van der Waals surface area contributed by atoms with Crippen LogP contribution >= 0.6 is 0 Å². The second kappa shape index (κ2) is 6.87. The number of carbonyl (C=O) groups is 1. The van der Waals surface area contributed by atoms with Crippen LogP contribution < -0.4 is 0 Å². The van der Waals surface area contributed by atoms with Crippen molar-refractivity contribution >= 4 is 5.97 Å². The second-order valence-electron chi connectivity index (χ2n) is 7.94. The summed E-state index contributed by atoms with van der Waals surface area (Å²) in [5.41, 5.74) is 0.739. The van der Waals surface area contributed by atoms with E-state index < -0.39 is 5.41 Å². The Balaban J connectivity index is 1.57. The maximum absolute atomic E-state index is 13.4. The number of esters is 1. The molecular formula is C21H29NO2. The lowest BCUT2D eigenvalue weighted by molar-refractivity contribution is -0.178. The second-order valence-corrected chi connectivity index (χ2v) is 7.94. The molecule has 1 aromatic rings. The van der Waals surface area contributed by atoms with Crippen molar-refractivity contribution < 1.29 is 9.53 Å². The van der Waals surface area contributed by atoms with Gasteiger partial charge in [0.1, 0.15) is 0 Å². The van der Waals surface area contributed by atoms with Crippen LogP contribution in [0.4, 0.5) is 0 Å². The highest BCUT2D eigenvalue weighted by atomic mass is 16.6. The van der Waals surface area contributed by atoms with E-state index in [1.54, 1.807) is 0 Å². The molecule has 3 saturated heterocycles. The van der Waals surface area contributed by atoms with Gasteiger partial charge >= 0.3 is 5.97 Å². The van der Waals surface area contributed by atoms with Crippen LogP contribution in [-0.4, -0.2) is 30.2 Å². The molecule has 5 rings (SSSR count). The van der Waals surface area contributed by atoms with Crippen molar-refractivity contribution in [2.24, 2.45) is 5.92 Å². The van der Waals surface area contributed by atoms with Gasteiger partial charge in [0.25, 0.3) is 0 Å². The highest BCUT2D eigenvalue weighted by molar-refractivity contribution is 5.83. The van der Waals surface area contributed by atoms with Crippen LogP contribution in [0.2, 0.25) is 0 Å². The standard InChI is InChI=1S/C21H29NO2/c23-20(24-19-16-17-10-14-22(19)15-11-17)21(12-6-1-2-7-13-21)18-8-4-3-5-9-18/h3-5,8-9,17,19H,1-2,6-7,10-16H2/t19-/m1/s1. The van der Waals surface area contributed by atoms with Crippen LogP contribution in [0.15, 0.2) is 30.3 Å². The van der Waals surface area contributed by atoms with E-state index in [9.17, 15) is 4.79 Å². The average molecular weight is 327 g/mol. The lowest BCUT2D eigenvalue weighted by Gasteiger charge is -2.45. The summed E-state index contributed by atoms with van der Waals surface area (Å²) >= 11 is 0. The molecule has 0 unspecified atom stereocenters. The molecule has 3 nitrogen and oxygen atoms in total. The van der Waals surface area contributed by atoms with Gasteiger partial charge in [-0.1, -0.05) is 56.0 Å². The molecule has 130 valence electrons. The van der Waals surface area contributed by atoms with Crippen LogP contribution in [0, 0.1) is 5.92 Å². The van der Waals surface area contributed by atoms with E-state index in [1.165, 1.54) is 25.7 Å². The van der Waals surface area contributed by atoms with Gasteiger partial charge in [-0.3, -0.25) is 9.69 Å². The summed E-state index contributed by atoms with van der Waals surface area (Å²) in [7, 11) is 0. The molecule has 1 atom stereocenters. The number of hydrogen-bond donors (Lipinski definition) is 0. The van der Waals surface area contributed by atoms with Gasteiger partial charge in [0.2, 0.25) is 0 Å². The first-order valence-electron chi connectivity index (χ1n) is 9.79. The first-order chi connectivity index (χ1) is 11.8. The lowest BCUT2D eigenvalue weighted by Crippen LogP contribution is -2.52. The van der Waals surface area contributed by atoms with Gasteiger partial charge in [-0.05, 0) is 37.2 Å². The van der Waals surface area contributed by atoms with Gasteiger partial charge in [0, 0.05) is 19.5 Å². The number of rotatable bonds is 3. The minimum Gasteiger partial charge on any atom is -0.446 e. The van der Waals surface area contributed by atoms with E-state index in [0.29, 0.717) is 0 Å². The van der Waals surface area contributed by atoms with E-state index in [1.807, 2.05) is 6.07 Å². The van der Waals surface area contributed by atoms with Crippen molar-refractivity contribution in [2.75, 3.05) is 13.1 Å². The highest BCUT2D eigenvalue weighted by Gasteiger charge is 2.44. The van der Waals surface area contributed by atoms with Gasteiger partial charge in [0.05, 0.1) is 5.41 Å². The zero-order chi connectivity index (χ0) is 16.4. The summed E-state index contributed by atoms with van der Waals surface area (Å²) in [5.74, 6) is 0.794. The normalized spacial score (nSPS) is 32.1. The third-order valence-electron chi connectivity index (χ3n) is 6.51. The fourth-order valence-electron chi connectivity index (χ4n) is 4.97. The Kier molecular flexibility index (Phi) is 4.62. The number of nitrogens with zero attached hydrogens (tertiary/aromatic N) is 1. The van der Waals surface area contributed by atoms with Crippen LogP contribution in [0.25, 0.3) is 0 Å². The molecule has 0 radical (unpaired) electrons. The summed E-state index contributed by atoms with van der Waals surface area (Å²) in [5, 5.41) is 0. The molecule has 4 aliphatic rings. The van der Waals surface area contributed by atoms with Crippen molar-refractivity contribution in [1.82, 2.24) is 4.90 Å². The fourth-order valence-corrected chi connectivity index (χ4v) is 4.97. The third kappa shape index (κ3) is 2.99. The third-order valence-corrected chi connectivity index (χ3v) is 6.51. The van der Waals surface area contributed by atoms with Gasteiger partial charge in [-0.25, -0.2) is 0 Å². The maximum atomic E-state index is 13.4. The highest BCUT2D eigenvalue weighted by Crippen LogP contribution is 2.41. The van der Waals surface area contributed by atoms with Gasteiger partial charge in [-0.15, -0.1) is 0 Å². The van der Waals surface area contributed by atoms with Crippen molar-refractivity contribution in [2.45, 2.75) is 69.4 Å². The van der Waals surface area contributed by atoms with Crippen molar-refractivity contribution in [3.05, 3.63) is 35.9 Å². The monoisotopic (exact) mass is 327 g/mol. The predicted molar refractivity (Wildman–Crippen MR) is 94.6 cm³/mol. The van der Waals surface area contributed by atoms with Crippen LogP contribution in [0.3, 0.4) is 0 Å². The Morgan fingerprint density at radius 3 is 2.25 bits per heavy atom. The molecule has 3 heteroatoms. The van der Waals surface area contributed by atoms with Gasteiger partial charge < -0.3 is 4.74 Å². The predicted octanol–water partition coefficient (Wildman–Crippen LogP) is 4.26. The van der Waals surface area contributed by atoms with Gasteiger partial charge in [0.15, 0.2) is 6.23 Å². The molecule has 0 spiro atoms. The summed E-state index contributed by atoms with van der Waals surface area (Å²) in [6.07, 6.45) is 10.2. The number of ether oxygens (including phenoxy) is 1. The number of fused-ring (bicyclic) bond motifs is 3. The van der Waals surface area contributed by atoms with Crippen LogP contribution in [0.1, 0.15) is 63.4 Å². The summed E-state index contributed by atoms with van der Waals surface area (Å²) < 4.78 is 6.17. The Morgan fingerprint density at radius 1 is 1.00 bits per heavy atom. The van der Waals surface area contributed by atoms with Gasteiger partial charge in [-0.2, -0.15) is 0 Å². The quantitative estimate of drug-likeness (QED) is 0.613. The first kappa shape index (κ1) is 16.1. The number of piperidine rings is 3. The van der Waals surface area contributed by atoms with E-state index in [4.69, 9.17) is 4.74 Å². The topological polar surface area (TPSA) is 29.5 Å². The molecule has 3 heterocycles. The van der Waals surface area contributed by atoms with E-state index >= 15 is 0 Å². The molecule has 0 amide bonds. The Labute approximate surface area is 145 Å². The van der Waals surface area contributed by atoms with E-state index in [-0.39, 0.29) is 12.2 Å². The SMILES string of the molecule is O=C(O[C@@H]1CC2CCN1CC2)C1(c2ccccc2)CCCCCC1. The van der Waals surface area contributed by atoms with Crippen LogP contribution in [-0.2, 0) is 14.9 Å². The lowest BCUT2D eigenvalue weighted by atomic mass is 9.74. The van der Waals surface area contributed by atoms with E-state index in [2.05, 4.69) is 29.2 Å². The maximum Gasteiger partial charge on any atom is 0.318 e. The molecule has 24 heavy (non-hydrogen) atoms. The molecule has 0 N–H and O–H groups in total. The molecule has 2 bridgehead atoms. The minimum atomic E-state index is -0.421. The Hall–Kier alpha value is -1.35. The smallest absolute Gasteiger partial charge is 0.318 e. The summed E-state index contributed by atoms with van der Waals surface area (Å²) in [4.78, 5) is 15.8. The molecule has 1 aromatic carbocycles. The molecule has 3 aliphatic heterocycles.